The highest BCUT2D eigenvalue weighted by Crippen LogP contribution is 2.40. The van der Waals surface area contributed by atoms with Crippen LogP contribution in [0.25, 0.3) is 11.3 Å². The number of aliphatic hydroxyl groups excluding tert-OH is 7. The summed E-state index contributed by atoms with van der Waals surface area (Å²) in [5, 5.41) is 96.5. The number of hydrogen-bond acceptors (Lipinski definition) is 20. The van der Waals surface area contributed by atoms with Crippen molar-refractivity contribution < 1.29 is 102 Å². The summed E-state index contributed by atoms with van der Waals surface area (Å²) in [6.07, 6.45) is -19.5. The van der Waals surface area contributed by atoms with Crippen molar-refractivity contribution in [1.82, 2.24) is 19.9 Å². The smallest absolute Gasteiger partial charge is 0.338 e. The van der Waals surface area contributed by atoms with Gasteiger partial charge in [-0.2, -0.15) is 0 Å². The molecule has 4 saturated heterocycles. The number of aromatic nitrogens is 3. The minimum absolute atomic E-state index is 0.0125. The van der Waals surface area contributed by atoms with Gasteiger partial charge in [0, 0.05) is 25.3 Å². The molecule has 0 spiro atoms. The predicted molar refractivity (Wildman–Crippen MR) is 244 cm³/mol. The summed E-state index contributed by atoms with van der Waals surface area (Å²) in [6, 6.07) is 7.83. The zero-order valence-electron chi connectivity index (χ0n) is 40.9. The summed E-state index contributed by atoms with van der Waals surface area (Å²) in [6.45, 7) is 4.22. The van der Waals surface area contributed by atoms with Gasteiger partial charge in [0.05, 0.1) is 49.9 Å². The van der Waals surface area contributed by atoms with Crippen molar-refractivity contribution in [3.8, 4) is 11.3 Å². The van der Waals surface area contributed by atoms with Gasteiger partial charge in [-0.25, -0.2) is 22.6 Å². The number of benzene rings is 2. The Balaban J connectivity index is 1.06. The van der Waals surface area contributed by atoms with Gasteiger partial charge in [0.15, 0.2) is 36.1 Å². The van der Waals surface area contributed by atoms with E-state index in [1.54, 1.807) is 30.0 Å². The van der Waals surface area contributed by atoms with Gasteiger partial charge in [-0.1, -0.05) is 43.7 Å². The molecule has 4 aliphatic heterocycles. The van der Waals surface area contributed by atoms with Gasteiger partial charge in [-0.3, -0.25) is 4.79 Å². The maximum atomic E-state index is 14.2. The Bertz CT molecular complexity index is 2340. The molecule has 25 heteroatoms. The molecule has 2 aromatic carbocycles. The molecule has 11 unspecified atom stereocenters. The van der Waals surface area contributed by atoms with E-state index in [4.69, 9.17) is 37.9 Å². The van der Waals surface area contributed by atoms with Gasteiger partial charge < -0.3 is 83.6 Å². The molecule has 1 saturated carbocycles. The molecule has 5 fully saturated rings. The van der Waals surface area contributed by atoms with Crippen molar-refractivity contribution >= 4 is 11.9 Å². The Morgan fingerprint density at radius 1 is 0.878 bits per heavy atom. The van der Waals surface area contributed by atoms with Crippen LogP contribution in [0.1, 0.15) is 69.3 Å². The number of esters is 1. The van der Waals surface area contributed by atoms with Crippen LogP contribution in [-0.2, 0) is 42.7 Å². The number of likely N-dealkylation sites (tertiary alicyclic amines) is 1. The first kappa shape index (κ1) is 55.9. The Hall–Kier alpha value is -4.29. The second kappa shape index (κ2) is 23.9. The minimum Gasteiger partial charge on any atom is -0.450 e. The van der Waals surface area contributed by atoms with Gasteiger partial charge >= 0.3 is 5.97 Å². The molecule has 74 heavy (non-hydrogen) atoms. The number of ether oxygens (including phenoxy) is 8. The molecule has 0 bridgehead atoms. The summed E-state index contributed by atoms with van der Waals surface area (Å²) in [4.78, 5) is 29.1. The molecule has 22 nitrogen and oxygen atoms in total. The Morgan fingerprint density at radius 3 is 2.26 bits per heavy atom. The summed E-state index contributed by atoms with van der Waals surface area (Å²) < 4.78 is 92.1. The van der Waals surface area contributed by atoms with Crippen LogP contribution in [0.5, 0.6) is 0 Å². The maximum absolute atomic E-state index is 14.2. The van der Waals surface area contributed by atoms with Crippen molar-refractivity contribution in [1.29, 1.82) is 0 Å². The quantitative estimate of drug-likeness (QED) is 0.0619. The highest BCUT2D eigenvalue weighted by atomic mass is 19.2. The van der Waals surface area contributed by atoms with E-state index in [1.807, 2.05) is 6.92 Å². The molecule has 1 aliphatic carbocycles. The lowest BCUT2D eigenvalue weighted by molar-refractivity contribution is -0.370. The molecule has 3 aromatic rings. The fraction of sp³-hybridized carbons (Fsp3) is 0.673. The average Bonchev–Trinajstić information content (AvgIpc) is 3.84. The highest BCUT2D eigenvalue weighted by Gasteiger charge is 2.55. The van der Waals surface area contributed by atoms with Crippen LogP contribution in [0.15, 0.2) is 48.7 Å². The van der Waals surface area contributed by atoms with Crippen molar-refractivity contribution in [2.75, 3.05) is 39.5 Å². The van der Waals surface area contributed by atoms with Gasteiger partial charge in [-0.05, 0) is 68.7 Å². The van der Waals surface area contributed by atoms with Gasteiger partial charge in [-0.15, -0.1) is 5.10 Å². The van der Waals surface area contributed by atoms with E-state index in [1.165, 1.54) is 25.3 Å². The van der Waals surface area contributed by atoms with E-state index in [9.17, 15) is 63.6 Å². The zero-order chi connectivity index (χ0) is 53.2. The average molecular weight is 1060 g/mol. The van der Waals surface area contributed by atoms with Crippen LogP contribution in [-0.4, -0.2) is 210 Å². The van der Waals surface area contributed by atoms with Crippen molar-refractivity contribution in [3.63, 3.8) is 0 Å². The first-order valence-electron chi connectivity index (χ1n) is 24.8. The molecule has 1 aromatic heterocycles. The number of rotatable bonds is 18. The number of amides is 1. The number of carbonyl (C=O) groups is 2. The van der Waals surface area contributed by atoms with Crippen molar-refractivity contribution in [2.24, 2.45) is 11.8 Å². The first-order chi connectivity index (χ1) is 35.3. The molecule has 1 amide bonds. The monoisotopic (exact) mass is 1050 g/mol. The van der Waals surface area contributed by atoms with E-state index in [0.29, 0.717) is 38.1 Å². The Morgan fingerprint density at radius 2 is 1.59 bits per heavy atom. The standard InChI is InChI=1S/C49H65F3N4O18/c1-4-9-31(44(63)55-12-8-13-55)70-41-39(62)46(65)74-48(42(41)72-45(64)26-10-6-5-7-11-26)71-32-15-25(14-23(2)40(32)73-47-38(61)37(60)35(58)24(3)69-47)20-67-21-49(66)22-68-33(19-57)36(59)43(49)56-18-30(53-54-56)27-16-28(50)34(52)29(51)17-27/h5-7,10-11,16-18,23-25,31-33,35-43,46-48,57-62,65-66H,4,8-9,12-15,19-22H2,1-3H3/t23?,24?,25-,31+,32-,33?,35-,36-,37?,38?,39-,40?,41?,42?,43?,46?,47+,48-,49?/m1/s1. The predicted octanol–water partition coefficient (Wildman–Crippen LogP) is 0.0946. The largest absolute Gasteiger partial charge is 0.450 e. The molecule has 5 aliphatic rings. The second-order valence-electron chi connectivity index (χ2n) is 19.9. The molecule has 19 atom stereocenters. The van der Waals surface area contributed by atoms with Crippen LogP contribution >= 0.6 is 0 Å². The summed E-state index contributed by atoms with van der Waals surface area (Å²) in [7, 11) is 0. The number of carbonyl (C=O) groups excluding carboxylic acids is 2. The number of aliphatic hydroxyl groups is 8. The zero-order valence-corrected chi connectivity index (χ0v) is 40.9. The van der Waals surface area contributed by atoms with Crippen LogP contribution in [0.2, 0.25) is 0 Å². The maximum Gasteiger partial charge on any atom is 0.338 e. The topological polar surface area (TPSA) is 304 Å². The number of hydrogen-bond donors (Lipinski definition) is 8. The van der Waals surface area contributed by atoms with Crippen molar-refractivity contribution in [2.45, 2.75) is 157 Å². The minimum atomic E-state index is -2.10. The van der Waals surface area contributed by atoms with E-state index in [-0.39, 0.29) is 42.2 Å². The lowest BCUT2D eigenvalue weighted by atomic mass is 9.78. The molecular weight excluding hydrogens is 990 g/mol. The van der Waals surface area contributed by atoms with Crippen molar-refractivity contribution in [3.05, 3.63) is 71.7 Å². The van der Waals surface area contributed by atoms with Crippen LogP contribution in [0, 0.1) is 29.3 Å². The van der Waals surface area contributed by atoms with Gasteiger partial charge in [0.2, 0.25) is 6.29 Å². The fourth-order valence-electron chi connectivity index (χ4n) is 10.2. The normalized spacial score (nSPS) is 37.0. The molecule has 0 radical (unpaired) electrons. The molecule has 8 rings (SSSR count). The molecule has 410 valence electrons. The second-order valence-corrected chi connectivity index (χ2v) is 19.9. The third-order valence-electron chi connectivity index (χ3n) is 14.4. The van der Waals surface area contributed by atoms with E-state index in [2.05, 4.69) is 10.3 Å². The van der Waals surface area contributed by atoms with E-state index < -0.39 is 159 Å². The lowest BCUT2D eigenvalue weighted by Crippen LogP contribution is -2.64. The molecular formula is C49H65F3N4O18. The SMILES string of the molecule is CCC[C@H](OC1C(OC(=O)c2ccccc2)[C@H](O[C@@H]2C[C@H](COCC3(O)COC(CO)[C@@H](O)C3n3cc(-c4cc(F)c(F)c(F)c4)nn3)CC(C)C2O[C@@H]2OC(C)[C@@H](O)C(O)C2O)OC(O)[C@@H]1O)C(=O)N1CCC1. The molecule has 8 N–H and O–H groups in total. The first-order valence-corrected chi connectivity index (χ1v) is 24.8. The molecule has 5 heterocycles. The summed E-state index contributed by atoms with van der Waals surface area (Å²) in [5.41, 5.74) is -2.34. The fourth-order valence-corrected chi connectivity index (χ4v) is 10.2. The lowest BCUT2D eigenvalue weighted by Gasteiger charge is -2.48. The van der Waals surface area contributed by atoms with Crippen LogP contribution in [0.4, 0.5) is 13.2 Å². The summed E-state index contributed by atoms with van der Waals surface area (Å²) in [5.74, 6) is -6.93. The third-order valence-corrected chi connectivity index (χ3v) is 14.4. The van der Waals surface area contributed by atoms with E-state index in [0.717, 1.165) is 11.1 Å². The Labute approximate surface area is 423 Å². The van der Waals surface area contributed by atoms with Gasteiger partial charge in [0.1, 0.15) is 66.2 Å². The van der Waals surface area contributed by atoms with Gasteiger partial charge in [0.25, 0.3) is 5.91 Å². The Kier molecular flexibility index (Phi) is 18.1. The highest BCUT2D eigenvalue weighted by molar-refractivity contribution is 5.89. The van der Waals surface area contributed by atoms with E-state index >= 15 is 0 Å². The van der Waals surface area contributed by atoms with Crippen LogP contribution in [0.3, 0.4) is 0 Å². The summed E-state index contributed by atoms with van der Waals surface area (Å²) >= 11 is 0. The number of halogens is 3. The van der Waals surface area contributed by atoms with Crippen LogP contribution < -0.4 is 0 Å². The number of nitrogens with zero attached hydrogens (tertiary/aromatic N) is 4. The third kappa shape index (κ3) is 12.0.